The van der Waals surface area contributed by atoms with Gasteiger partial charge in [0.1, 0.15) is 0 Å². The van der Waals surface area contributed by atoms with Gasteiger partial charge in [0.25, 0.3) is 0 Å². The minimum absolute atomic E-state index is 0.0602. The lowest BCUT2D eigenvalue weighted by atomic mass is 10.2. The first-order valence-electron chi connectivity index (χ1n) is 3.47. The molecule has 2 unspecified atom stereocenters. The van der Waals surface area contributed by atoms with Crippen LogP contribution >= 0.6 is 0 Å². The molecule has 0 saturated carbocycles. The van der Waals surface area contributed by atoms with Gasteiger partial charge in [0.2, 0.25) is 0 Å². The maximum absolute atomic E-state index is 8.41. The van der Waals surface area contributed by atoms with Crippen LogP contribution < -0.4 is 5.32 Å². The highest BCUT2D eigenvalue weighted by molar-refractivity contribution is 4.88. The lowest BCUT2D eigenvalue weighted by molar-refractivity contribution is 0.526. The van der Waals surface area contributed by atoms with E-state index >= 15 is 0 Å². The SMILES string of the molecule is C=CCC(C)NC(C)C#N. The van der Waals surface area contributed by atoms with Crippen LogP contribution in [0.2, 0.25) is 0 Å². The molecule has 0 saturated heterocycles. The van der Waals surface area contributed by atoms with Gasteiger partial charge in [-0.3, -0.25) is 5.32 Å². The second-order valence-electron chi connectivity index (χ2n) is 2.44. The Morgan fingerprint density at radius 2 is 2.30 bits per heavy atom. The minimum Gasteiger partial charge on any atom is -0.299 e. The summed E-state index contributed by atoms with van der Waals surface area (Å²) in [7, 11) is 0. The Hall–Kier alpha value is -0.810. The number of nitrogens with one attached hydrogen (secondary N) is 1. The second-order valence-corrected chi connectivity index (χ2v) is 2.44. The van der Waals surface area contributed by atoms with Crippen LogP contribution in [0.1, 0.15) is 20.3 Å². The van der Waals surface area contributed by atoms with E-state index in [4.69, 9.17) is 5.26 Å². The van der Waals surface area contributed by atoms with Gasteiger partial charge in [0, 0.05) is 6.04 Å². The Morgan fingerprint density at radius 1 is 1.70 bits per heavy atom. The molecule has 0 aliphatic heterocycles. The number of nitrogens with zero attached hydrogens (tertiary/aromatic N) is 1. The summed E-state index contributed by atoms with van der Waals surface area (Å²) in [6.07, 6.45) is 2.76. The molecule has 1 N–H and O–H groups in total. The van der Waals surface area contributed by atoms with Crippen molar-refractivity contribution < 1.29 is 0 Å². The molecule has 0 amide bonds. The van der Waals surface area contributed by atoms with E-state index in [1.54, 1.807) is 0 Å². The van der Waals surface area contributed by atoms with Gasteiger partial charge in [-0.05, 0) is 20.3 Å². The molecule has 0 radical (unpaired) electrons. The van der Waals surface area contributed by atoms with Gasteiger partial charge in [-0.1, -0.05) is 6.08 Å². The van der Waals surface area contributed by atoms with E-state index in [1.165, 1.54) is 0 Å². The maximum Gasteiger partial charge on any atom is 0.0926 e. The maximum atomic E-state index is 8.41. The van der Waals surface area contributed by atoms with Gasteiger partial charge in [0.05, 0.1) is 12.1 Å². The highest BCUT2D eigenvalue weighted by Crippen LogP contribution is 1.92. The van der Waals surface area contributed by atoms with Crippen LogP contribution in [-0.2, 0) is 0 Å². The number of hydrogen-bond acceptors (Lipinski definition) is 2. The van der Waals surface area contributed by atoms with Crippen molar-refractivity contribution in [2.75, 3.05) is 0 Å². The van der Waals surface area contributed by atoms with Crippen LogP contribution in [0.4, 0.5) is 0 Å². The summed E-state index contributed by atoms with van der Waals surface area (Å²) in [6.45, 7) is 7.49. The van der Waals surface area contributed by atoms with Crippen LogP contribution in [0, 0.1) is 11.3 Å². The molecule has 0 aliphatic carbocycles. The van der Waals surface area contributed by atoms with Gasteiger partial charge >= 0.3 is 0 Å². The van der Waals surface area contributed by atoms with Gasteiger partial charge in [-0.2, -0.15) is 5.26 Å². The zero-order chi connectivity index (χ0) is 7.98. The molecule has 0 bridgehead atoms. The Morgan fingerprint density at radius 3 is 2.70 bits per heavy atom. The largest absolute Gasteiger partial charge is 0.299 e. The fraction of sp³-hybridized carbons (Fsp3) is 0.625. The minimum atomic E-state index is -0.0602. The zero-order valence-corrected chi connectivity index (χ0v) is 6.59. The third kappa shape index (κ3) is 4.11. The topological polar surface area (TPSA) is 35.8 Å². The van der Waals surface area contributed by atoms with Crippen molar-refractivity contribution >= 4 is 0 Å². The summed E-state index contributed by atoms with van der Waals surface area (Å²) in [4.78, 5) is 0. The van der Waals surface area contributed by atoms with Crippen LogP contribution in [-0.4, -0.2) is 12.1 Å². The van der Waals surface area contributed by atoms with E-state index in [0.29, 0.717) is 6.04 Å². The zero-order valence-electron chi connectivity index (χ0n) is 6.59. The average Bonchev–Trinajstić information content (AvgIpc) is 1.88. The van der Waals surface area contributed by atoms with Crippen LogP contribution in [0.3, 0.4) is 0 Å². The summed E-state index contributed by atoms with van der Waals surface area (Å²) >= 11 is 0. The molecule has 0 fully saturated rings. The van der Waals surface area contributed by atoms with Crippen molar-refractivity contribution in [1.82, 2.24) is 5.32 Å². The molecule has 0 heterocycles. The van der Waals surface area contributed by atoms with E-state index < -0.39 is 0 Å². The number of nitriles is 1. The van der Waals surface area contributed by atoms with Gasteiger partial charge in [0.15, 0.2) is 0 Å². The van der Waals surface area contributed by atoms with Crippen LogP contribution in [0.25, 0.3) is 0 Å². The quantitative estimate of drug-likeness (QED) is 0.597. The summed E-state index contributed by atoms with van der Waals surface area (Å²) < 4.78 is 0. The lowest BCUT2D eigenvalue weighted by Gasteiger charge is -2.12. The van der Waals surface area contributed by atoms with Gasteiger partial charge < -0.3 is 0 Å². The van der Waals surface area contributed by atoms with Gasteiger partial charge in [-0.25, -0.2) is 0 Å². The molecule has 2 heteroatoms. The van der Waals surface area contributed by atoms with E-state index in [1.807, 2.05) is 19.9 Å². The van der Waals surface area contributed by atoms with Crippen LogP contribution in [0.5, 0.6) is 0 Å². The van der Waals surface area contributed by atoms with Crippen molar-refractivity contribution in [3.63, 3.8) is 0 Å². The molecule has 0 spiro atoms. The van der Waals surface area contributed by atoms with Crippen molar-refractivity contribution in [2.24, 2.45) is 0 Å². The first-order chi connectivity index (χ1) is 4.70. The monoisotopic (exact) mass is 138 g/mol. The Balaban J connectivity index is 3.48. The molecule has 0 aromatic heterocycles. The highest BCUT2D eigenvalue weighted by Gasteiger charge is 2.02. The molecule has 56 valence electrons. The molecule has 2 atom stereocenters. The standard InChI is InChI=1S/C8H14N2/c1-4-5-7(2)10-8(3)6-9/h4,7-8,10H,1,5H2,2-3H3. The summed E-state index contributed by atoms with van der Waals surface area (Å²) in [5.74, 6) is 0. The summed E-state index contributed by atoms with van der Waals surface area (Å²) in [5, 5.41) is 11.5. The first-order valence-corrected chi connectivity index (χ1v) is 3.47. The van der Waals surface area contributed by atoms with Gasteiger partial charge in [-0.15, -0.1) is 6.58 Å². The predicted molar refractivity (Wildman–Crippen MR) is 42.5 cm³/mol. The fourth-order valence-electron chi connectivity index (χ4n) is 0.782. The molecule has 10 heavy (non-hydrogen) atoms. The Kier molecular flexibility index (Phi) is 4.61. The van der Waals surface area contributed by atoms with Crippen molar-refractivity contribution in [2.45, 2.75) is 32.4 Å². The first kappa shape index (κ1) is 9.19. The molecule has 2 nitrogen and oxygen atoms in total. The van der Waals surface area contributed by atoms with E-state index in [-0.39, 0.29) is 6.04 Å². The van der Waals surface area contributed by atoms with E-state index in [0.717, 1.165) is 6.42 Å². The molecular weight excluding hydrogens is 124 g/mol. The predicted octanol–water partition coefficient (Wildman–Crippen LogP) is 1.45. The smallest absolute Gasteiger partial charge is 0.0926 e. The lowest BCUT2D eigenvalue weighted by Crippen LogP contribution is -2.32. The van der Waals surface area contributed by atoms with Crippen molar-refractivity contribution in [1.29, 1.82) is 5.26 Å². The fourth-order valence-corrected chi connectivity index (χ4v) is 0.782. The molecule has 0 aromatic rings. The molecule has 0 aromatic carbocycles. The van der Waals surface area contributed by atoms with Crippen molar-refractivity contribution in [3.8, 4) is 6.07 Å². The van der Waals surface area contributed by atoms with E-state index in [9.17, 15) is 0 Å². The average molecular weight is 138 g/mol. The van der Waals surface area contributed by atoms with Crippen molar-refractivity contribution in [3.05, 3.63) is 12.7 Å². The van der Waals surface area contributed by atoms with Crippen LogP contribution in [0.15, 0.2) is 12.7 Å². The number of rotatable bonds is 4. The summed E-state index contributed by atoms with van der Waals surface area (Å²) in [6, 6.07) is 2.40. The molecule has 0 aliphatic rings. The molecular formula is C8H14N2. The Bertz CT molecular complexity index is 135. The van der Waals surface area contributed by atoms with E-state index in [2.05, 4.69) is 18.0 Å². The Labute approximate surface area is 62.5 Å². The normalized spacial score (nSPS) is 15.3. The molecule has 0 rings (SSSR count). The second kappa shape index (κ2) is 5.01. The third-order valence-corrected chi connectivity index (χ3v) is 1.25. The third-order valence-electron chi connectivity index (χ3n) is 1.25. The summed E-state index contributed by atoms with van der Waals surface area (Å²) in [5.41, 5.74) is 0. The number of hydrogen-bond donors (Lipinski definition) is 1. The highest BCUT2D eigenvalue weighted by atomic mass is 14.9.